The molecule has 1 aromatic carbocycles. The molecule has 1 nitrogen and oxygen atoms in total. The molecule has 100 valence electrons. The van der Waals surface area contributed by atoms with Crippen LogP contribution in [0.3, 0.4) is 0 Å². The zero-order valence-electron chi connectivity index (χ0n) is 10.9. The van der Waals surface area contributed by atoms with Gasteiger partial charge in [-0.15, -0.1) is 11.3 Å². The van der Waals surface area contributed by atoms with Gasteiger partial charge in [-0.25, -0.2) is 0 Å². The molecule has 0 spiro atoms. The van der Waals surface area contributed by atoms with Gasteiger partial charge in [-0.05, 0) is 57.9 Å². The van der Waals surface area contributed by atoms with E-state index in [0.717, 1.165) is 22.2 Å². The van der Waals surface area contributed by atoms with E-state index in [1.165, 1.54) is 10.4 Å². The van der Waals surface area contributed by atoms with Crippen molar-refractivity contribution in [3.05, 3.63) is 56.2 Å². The standard InChI is InChI=1S/C16H17BrOS/c1-11-8-9-16(18,10-12-6-7-15(17)19-12)14-5-3-2-4-13(11)14/h2-7,11,18H,8-10H2,1H3. The summed E-state index contributed by atoms with van der Waals surface area (Å²) in [6.07, 6.45) is 2.62. The number of thiophene rings is 1. The SMILES string of the molecule is CC1CCC(O)(Cc2ccc(Br)s2)c2ccccc21. The fourth-order valence-corrected chi connectivity index (χ4v) is 4.60. The predicted octanol–water partition coefficient (Wildman–Crippen LogP) is 4.84. The van der Waals surface area contributed by atoms with E-state index in [1.54, 1.807) is 11.3 Å². The molecule has 2 unspecified atom stereocenters. The van der Waals surface area contributed by atoms with Gasteiger partial charge in [-0.2, -0.15) is 0 Å². The van der Waals surface area contributed by atoms with Crippen molar-refractivity contribution >= 4 is 27.3 Å². The molecular formula is C16H17BrOS. The summed E-state index contributed by atoms with van der Waals surface area (Å²) in [6.45, 7) is 2.25. The molecule has 1 N–H and O–H groups in total. The van der Waals surface area contributed by atoms with Gasteiger partial charge in [0.2, 0.25) is 0 Å². The van der Waals surface area contributed by atoms with Gasteiger partial charge in [-0.3, -0.25) is 0 Å². The van der Waals surface area contributed by atoms with E-state index in [1.807, 2.05) is 6.07 Å². The Balaban J connectivity index is 1.98. The molecule has 0 radical (unpaired) electrons. The van der Waals surface area contributed by atoms with Gasteiger partial charge >= 0.3 is 0 Å². The highest BCUT2D eigenvalue weighted by Crippen LogP contribution is 2.43. The summed E-state index contributed by atoms with van der Waals surface area (Å²) in [5.74, 6) is 0.548. The van der Waals surface area contributed by atoms with Crippen molar-refractivity contribution < 1.29 is 5.11 Å². The van der Waals surface area contributed by atoms with Crippen LogP contribution in [0, 0.1) is 0 Å². The molecule has 1 aliphatic rings. The minimum atomic E-state index is -0.701. The molecule has 2 atom stereocenters. The van der Waals surface area contributed by atoms with Crippen LogP contribution in [0.4, 0.5) is 0 Å². The molecule has 0 bridgehead atoms. The maximum atomic E-state index is 11.1. The highest BCUT2D eigenvalue weighted by atomic mass is 79.9. The molecule has 0 fully saturated rings. The van der Waals surface area contributed by atoms with Crippen molar-refractivity contribution in [2.75, 3.05) is 0 Å². The summed E-state index contributed by atoms with van der Waals surface area (Å²) in [4.78, 5) is 1.23. The van der Waals surface area contributed by atoms with Gasteiger partial charge in [0.05, 0.1) is 9.39 Å². The quantitative estimate of drug-likeness (QED) is 0.831. The Bertz CT molecular complexity index is 592. The summed E-state index contributed by atoms with van der Waals surface area (Å²) < 4.78 is 1.13. The van der Waals surface area contributed by atoms with Gasteiger partial charge in [0.25, 0.3) is 0 Å². The van der Waals surface area contributed by atoms with Crippen LogP contribution in [0.1, 0.15) is 41.7 Å². The average molecular weight is 337 g/mol. The largest absolute Gasteiger partial charge is 0.385 e. The number of fused-ring (bicyclic) bond motifs is 1. The molecule has 0 saturated heterocycles. The van der Waals surface area contributed by atoms with Crippen molar-refractivity contribution in [3.63, 3.8) is 0 Å². The first-order chi connectivity index (χ1) is 9.08. The van der Waals surface area contributed by atoms with Crippen molar-refractivity contribution in [1.82, 2.24) is 0 Å². The Labute approximate surface area is 126 Å². The maximum Gasteiger partial charge on any atom is 0.0947 e. The summed E-state index contributed by atoms with van der Waals surface area (Å²) in [5, 5.41) is 11.1. The van der Waals surface area contributed by atoms with Gasteiger partial charge in [0.15, 0.2) is 0 Å². The van der Waals surface area contributed by atoms with Crippen LogP contribution in [0.5, 0.6) is 0 Å². The Morgan fingerprint density at radius 2 is 2.11 bits per heavy atom. The smallest absolute Gasteiger partial charge is 0.0947 e. The Morgan fingerprint density at radius 3 is 2.84 bits per heavy atom. The van der Waals surface area contributed by atoms with Crippen molar-refractivity contribution in [2.45, 2.75) is 37.7 Å². The minimum absolute atomic E-state index is 0.548. The van der Waals surface area contributed by atoms with E-state index in [-0.39, 0.29) is 0 Å². The highest BCUT2D eigenvalue weighted by Gasteiger charge is 2.36. The minimum Gasteiger partial charge on any atom is -0.385 e. The lowest BCUT2D eigenvalue weighted by Crippen LogP contribution is -2.33. The van der Waals surface area contributed by atoms with Gasteiger partial charge in [-0.1, -0.05) is 31.2 Å². The number of halogens is 1. The maximum absolute atomic E-state index is 11.1. The highest BCUT2D eigenvalue weighted by molar-refractivity contribution is 9.11. The van der Waals surface area contributed by atoms with Crippen molar-refractivity contribution in [1.29, 1.82) is 0 Å². The molecule has 0 saturated carbocycles. The Hall–Kier alpha value is -0.640. The van der Waals surface area contributed by atoms with Gasteiger partial charge in [0, 0.05) is 11.3 Å². The number of rotatable bonds is 2. The first-order valence-corrected chi connectivity index (χ1v) is 8.25. The summed E-state index contributed by atoms with van der Waals surface area (Å²) in [7, 11) is 0. The fraction of sp³-hybridized carbons (Fsp3) is 0.375. The van der Waals surface area contributed by atoms with Crippen LogP contribution >= 0.6 is 27.3 Å². The third-order valence-electron chi connectivity index (χ3n) is 4.08. The van der Waals surface area contributed by atoms with Gasteiger partial charge in [0.1, 0.15) is 0 Å². The number of hydrogen-bond donors (Lipinski definition) is 1. The fourth-order valence-electron chi connectivity index (χ4n) is 3.01. The van der Waals surface area contributed by atoms with Crippen LogP contribution in [-0.2, 0) is 12.0 Å². The molecule has 19 heavy (non-hydrogen) atoms. The van der Waals surface area contributed by atoms with Crippen LogP contribution < -0.4 is 0 Å². The summed E-state index contributed by atoms with van der Waals surface area (Å²) in [6, 6.07) is 12.5. The number of hydrogen-bond acceptors (Lipinski definition) is 2. The third-order valence-corrected chi connectivity index (χ3v) is 5.70. The lowest BCUT2D eigenvalue weighted by Gasteiger charge is -2.37. The molecule has 1 heterocycles. The van der Waals surface area contributed by atoms with Crippen molar-refractivity contribution in [3.8, 4) is 0 Å². The Kier molecular flexibility index (Phi) is 3.54. The molecule has 1 aromatic heterocycles. The topological polar surface area (TPSA) is 20.2 Å². The van der Waals surface area contributed by atoms with E-state index in [4.69, 9.17) is 0 Å². The summed E-state index contributed by atoms with van der Waals surface area (Å²) in [5.41, 5.74) is 1.73. The van der Waals surface area contributed by atoms with E-state index in [2.05, 4.69) is 53.2 Å². The molecule has 3 heteroatoms. The predicted molar refractivity (Wildman–Crippen MR) is 83.7 cm³/mol. The third kappa shape index (κ3) is 2.51. The number of aliphatic hydroxyl groups is 1. The average Bonchev–Trinajstić information content (AvgIpc) is 2.80. The lowest BCUT2D eigenvalue weighted by atomic mass is 9.73. The number of benzene rings is 1. The Morgan fingerprint density at radius 1 is 1.32 bits per heavy atom. The second-order valence-electron chi connectivity index (χ2n) is 5.44. The second-order valence-corrected chi connectivity index (χ2v) is 7.99. The van der Waals surface area contributed by atoms with E-state index in [9.17, 15) is 5.11 Å². The molecule has 2 aromatic rings. The molecule has 1 aliphatic carbocycles. The van der Waals surface area contributed by atoms with Crippen LogP contribution in [0.2, 0.25) is 0 Å². The zero-order valence-corrected chi connectivity index (χ0v) is 13.3. The first-order valence-electron chi connectivity index (χ1n) is 6.64. The molecule has 0 amide bonds. The van der Waals surface area contributed by atoms with E-state index < -0.39 is 5.60 Å². The molecular weight excluding hydrogens is 320 g/mol. The lowest BCUT2D eigenvalue weighted by molar-refractivity contribution is 0.0167. The molecule has 0 aliphatic heterocycles. The van der Waals surface area contributed by atoms with Gasteiger partial charge < -0.3 is 5.11 Å². The monoisotopic (exact) mass is 336 g/mol. The van der Waals surface area contributed by atoms with Crippen LogP contribution in [0.25, 0.3) is 0 Å². The van der Waals surface area contributed by atoms with E-state index >= 15 is 0 Å². The first kappa shape index (κ1) is 13.3. The normalized spacial score (nSPS) is 26.2. The van der Waals surface area contributed by atoms with E-state index in [0.29, 0.717) is 12.3 Å². The van der Waals surface area contributed by atoms with Crippen molar-refractivity contribution in [2.24, 2.45) is 0 Å². The van der Waals surface area contributed by atoms with Crippen LogP contribution in [0.15, 0.2) is 40.2 Å². The van der Waals surface area contributed by atoms with Crippen LogP contribution in [-0.4, -0.2) is 5.11 Å². The summed E-state index contributed by atoms with van der Waals surface area (Å²) >= 11 is 5.20. The zero-order chi connectivity index (χ0) is 13.5. The second kappa shape index (κ2) is 5.04. The molecule has 3 rings (SSSR count).